The molecule has 0 bridgehead atoms. The van der Waals surface area contributed by atoms with E-state index < -0.39 is 0 Å². The Kier molecular flexibility index (Phi) is 3.74. The highest BCUT2D eigenvalue weighted by Gasteiger charge is 2.09. The Morgan fingerprint density at radius 2 is 2.23 bits per heavy atom. The van der Waals surface area contributed by atoms with E-state index in [-0.39, 0.29) is 5.97 Å². The molecule has 0 spiro atoms. The van der Waals surface area contributed by atoms with E-state index in [1.54, 1.807) is 6.92 Å². The Morgan fingerprint density at radius 3 is 2.92 bits per heavy atom. The average molecular weight is 180 g/mol. The molecule has 72 valence electrons. The van der Waals surface area contributed by atoms with Gasteiger partial charge in [0.15, 0.2) is 0 Å². The average Bonchev–Trinajstić information content (AvgIpc) is 2.32. The molecule has 1 aliphatic carbocycles. The van der Waals surface area contributed by atoms with Crippen LogP contribution in [-0.2, 0) is 9.53 Å². The molecule has 0 atom stereocenters. The van der Waals surface area contributed by atoms with Gasteiger partial charge in [-0.25, -0.2) is 4.79 Å². The van der Waals surface area contributed by atoms with Gasteiger partial charge in [0.25, 0.3) is 0 Å². The second-order valence-corrected chi connectivity index (χ2v) is 3.44. The fourth-order valence-electron chi connectivity index (χ4n) is 1.28. The van der Waals surface area contributed by atoms with Crippen molar-refractivity contribution in [2.24, 2.45) is 0 Å². The van der Waals surface area contributed by atoms with Gasteiger partial charge in [-0.2, -0.15) is 0 Å². The van der Waals surface area contributed by atoms with Crippen molar-refractivity contribution in [3.8, 4) is 0 Å². The third kappa shape index (κ3) is 3.45. The zero-order valence-corrected chi connectivity index (χ0v) is 8.14. The molecule has 2 nitrogen and oxygen atoms in total. The lowest BCUT2D eigenvalue weighted by atomic mass is 10.2. The minimum Gasteiger partial charge on any atom is -0.428 e. The van der Waals surface area contributed by atoms with Crippen molar-refractivity contribution < 1.29 is 9.53 Å². The molecule has 0 aromatic carbocycles. The molecule has 0 heterocycles. The number of ether oxygens (including phenoxy) is 1. The van der Waals surface area contributed by atoms with Crippen LogP contribution in [0.3, 0.4) is 0 Å². The van der Waals surface area contributed by atoms with Crippen LogP contribution < -0.4 is 0 Å². The highest BCUT2D eigenvalue weighted by atomic mass is 16.5. The summed E-state index contributed by atoms with van der Waals surface area (Å²) in [6.07, 6.45) is 7.49. The van der Waals surface area contributed by atoms with E-state index in [0.29, 0.717) is 5.57 Å². The summed E-state index contributed by atoms with van der Waals surface area (Å²) in [6.45, 7) is 5.21. The van der Waals surface area contributed by atoms with E-state index in [0.717, 1.165) is 25.0 Å². The van der Waals surface area contributed by atoms with Crippen molar-refractivity contribution in [2.75, 3.05) is 0 Å². The molecular weight excluding hydrogens is 164 g/mol. The summed E-state index contributed by atoms with van der Waals surface area (Å²) in [5.41, 5.74) is 0.463. The molecule has 0 aromatic heterocycles. The lowest BCUT2D eigenvalue weighted by Crippen LogP contribution is -2.04. The number of esters is 1. The maximum absolute atomic E-state index is 11.2. The standard InChI is InChI=1S/C11H16O2/c1-9(2)11(12)13-10-7-5-3-4-6-8-10/h7H,1,3-6,8H2,2H3. The van der Waals surface area contributed by atoms with Gasteiger partial charge >= 0.3 is 5.97 Å². The van der Waals surface area contributed by atoms with Crippen LogP contribution in [0.25, 0.3) is 0 Å². The van der Waals surface area contributed by atoms with Crippen molar-refractivity contribution in [3.63, 3.8) is 0 Å². The van der Waals surface area contributed by atoms with Crippen molar-refractivity contribution in [3.05, 3.63) is 24.0 Å². The lowest BCUT2D eigenvalue weighted by Gasteiger charge is -2.05. The minimum atomic E-state index is -0.298. The first-order chi connectivity index (χ1) is 6.20. The van der Waals surface area contributed by atoms with Crippen LogP contribution in [0.5, 0.6) is 0 Å². The molecule has 13 heavy (non-hydrogen) atoms. The van der Waals surface area contributed by atoms with Crippen molar-refractivity contribution in [1.29, 1.82) is 0 Å². The van der Waals surface area contributed by atoms with E-state index in [2.05, 4.69) is 6.58 Å². The topological polar surface area (TPSA) is 26.3 Å². The highest BCUT2D eigenvalue weighted by Crippen LogP contribution is 2.18. The highest BCUT2D eigenvalue weighted by molar-refractivity contribution is 5.87. The zero-order chi connectivity index (χ0) is 9.68. The smallest absolute Gasteiger partial charge is 0.338 e. The Morgan fingerprint density at radius 1 is 1.46 bits per heavy atom. The number of carbonyl (C=O) groups is 1. The molecule has 0 aromatic rings. The molecule has 0 saturated heterocycles. The maximum Gasteiger partial charge on any atom is 0.338 e. The molecule has 1 rings (SSSR count). The predicted octanol–water partition coefficient (Wildman–Crippen LogP) is 2.95. The first kappa shape index (κ1) is 10.0. The molecule has 1 aliphatic rings. The Labute approximate surface area is 79.3 Å². The summed E-state index contributed by atoms with van der Waals surface area (Å²) < 4.78 is 5.16. The maximum atomic E-state index is 11.2. The van der Waals surface area contributed by atoms with Crippen molar-refractivity contribution in [2.45, 2.75) is 39.0 Å². The van der Waals surface area contributed by atoms with Crippen LogP contribution in [0.4, 0.5) is 0 Å². The van der Waals surface area contributed by atoms with Gasteiger partial charge in [-0.3, -0.25) is 0 Å². The normalized spacial score (nSPS) is 17.2. The molecular formula is C11H16O2. The number of hydrogen-bond acceptors (Lipinski definition) is 2. The van der Waals surface area contributed by atoms with Gasteiger partial charge in [-0.1, -0.05) is 13.0 Å². The van der Waals surface area contributed by atoms with Crippen LogP contribution in [0.1, 0.15) is 39.0 Å². The third-order valence-electron chi connectivity index (χ3n) is 2.07. The van der Waals surface area contributed by atoms with Crippen LogP contribution in [0, 0.1) is 0 Å². The Hall–Kier alpha value is -1.05. The molecule has 0 radical (unpaired) electrons. The van der Waals surface area contributed by atoms with Gasteiger partial charge in [0.05, 0.1) is 0 Å². The van der Waals surface area contributed by atoms with E-state index in [1.807, 2.05) is 6.08 Å². The molecule has 2 heteroatoms. The van der Waals surface area contributed by atoms with Gasteiger partial charge in [0.2, 0.25) is 0 Å². The van der Waals surface area contributed by atoms with Gasteiger partial charge in [-0.05, 0) is 32.3 Å². The summed E-state index contributed by atoms with van der Waals surface area (Å²) in [5.74, 6) is 0.527. The first-order valence-corrected chi connectivity index (χ1v) is 4.77. The zero-order valence-electron chi connectivity index (χ0n) is 8.14. The van der Waals surface area contributed by atoms with Crippen LogP contribution >= 0.6 is 0 Å². The number of allylic oxidation sites excluding steroid dienone is 2. The Balaban J connectivity index is 2.47. The molecule has 0 amide bonds. The third-order valence-corrected chi connectivity index (χ3v) is 2.07. The van der Waals surface area contributed by atoms with Crippen LogP contribution in [0.2, 0.25) is 0 Å². The molecule has 0 saturated carbocycles. The summed E-state index contributed by atoms with van der Waals surface area (Å²) in [4.78, 5) is 11.2. The minimum absolute atomic E-state index is 0.298. The van der Waals surface area contributed by atoms with E-state index in [4.69, 9.17) is 4.74 Å². The van der Waals surface area contributed by atoms with Crippen molar-refractivity contribution >= 4 is 5.97 Å². The van der Waals surface area contributed by atoms with Crippen LogP contribution in [0.15, 0.2) is 24.0 Å². The number of carbonyl (C=O) groups excluding carboxylic acids is 1. The van der Waals surface area contributed by atoms with Crippen LogP contribution in [-0.4, -0.2) is 5.97 Å². The SMILES string of the molecule is C=C(C)C(=O)OC1=CCCCCC1. The number of hydrogen-bond donors (Lipinski definition) is 0. The molecule has 0 fully saturated rings. The van der Waals surface area contributed by atoms with E-state index in [1.165, 1.54) is 12.8 Å². The van der Waals surface area contributed by atoms with Gasteiger partial charge in [-0.15, -0.1) is 0 Å². The predicted molar refractivity (Wildman–Crippen MR) is 52.1 cm³/mol. The number of rotatable bonds is 2. The molecule has 0 aliphatic heterocycles. The van der Waals surface area contributed by atoms with Gasteiger partial charge < -0.3 is 4.74 Å². The molecule has 0 unspecified atom stereocenters. The quantitative estimate of drug-likeness (QED) is 0.482. The monoisotopic (exact) mass is 180 g/mol. The second-order valence-electron chi connectivity index (χ2n) is 3.44. The second kappa shape index (κ2) is 4.85. The lowest BCUT2D eigenvalue weighted by molar-refractivity contribution is -0.135. The van der Waals surface area contributed by atoms with Crippen molar-refractivity contribution in [1.82, 2.24) is 0 Å². The Bertz CT molecular complexity index is 238. The first-order valence-electron chi connectivity index (χ1n) is 4.77. The fraction of sp³-hybridized carbons (Fsp3) is 0.545. The van der Waals surface area contributed by atoms with Gasteiger partial charge in [0.1, 0.15) is 5.76 Å². The fourth-order valence-corrected chi connectivity index (χ4v) is 1.28. The summed E-state index contributed by atoms with van der Waals surface area (Å²) >= 11 is 0. The summed E-state index contributed by atoms with van der Waals surface area (Å²) in [5, 5.41) is 0. The molecule has 0 N–H and O–H groups in total. The largest absolute Gasteiger partial charge is 0.428 e. The summed E-state index contributed by atoms with van der Waals surface area (Å²) in [7, 11) is 0. The van der Waals surface area contributed by atoms with Gasteiger partial charge in [0, 0.05) is 12.0 Å². The van der Waals surface area contributed by atoms with E-state index in [9.17, 15) is 4.79 Å². The summed E-state index contributed by atoms with van der Waals surface area (Å²) in [6, 6.07) is 0. The van der Waals surface area contributed by atoms with E-state index >= 15 is 0 Å².